The van der Waals surface area contributed by atoms with Crippen LogP contribution in [-0.4, -0.2) is 62.5 Å². The number of morpholine rings is 1. The maximum Gasteiger partial charge on any atom is 0.239 e. The second kappa shape index (κ2) is 13.4. The third kappa shape index (κ3) is 7.21. The van der Waals surface area contributed by atoms with Crippen molar-refractivity contribution in [2.45, 2.75) is 39.2 Å². The summed E-state index contributed by atoms with van der Waals surface area (Å²) < 4.78 is 26.6. The van der Waals surface area contributed by atoms with E-state index in [0.717, 1.165) is 56.3 Å². The summed E-state index contributed by atoms with van der Waals surface area (Å²) in [6.07, 6.45) is 1.86. The van der Waals surface area contributed by atoms with Gasteiger partial charge in [-0.3, -0.25) is 14.5 Å². The molecule has 6 rings (SSSR count). The normalized spacial score (nSPS) is 19.7. The van der Waals surface area contributed by atoms with Crippen molar-refractivity contribution in [3.8, 4) is 11.5 Å². The first-order valence-electron chi connectivity index (χ1n) is 15.8. The molecule has 236 valence electrons. The van der Waals surface area contributed by atoms with Gasteiger partial charge in [0.1, 0.15) is 5.75 Å². The van der Waals surface area contributed by atoms with Crippen molar-refractivity contribution in [1.82, 2.24) is 10.2 Å². The summed E-state index contributed by atoms with van der Waals surface area (Å²) in [5.74, 6) is -0.0816. The number of rotatable bonds is 9. The predicted octanol–water partition coefficient (Wildman–Crippen LogP) is 6.07. The van der Waals surface area contributed by atoms with Gasteiger partial charge in [-0.15, -0.1) is 0 Å². The molecule has 9 heteroatoms. The van der Waals surface area contributed by atoms with E-state index < -0.39 is 11.9 Å². The zero-order chi connectivity index (χ0) is 31.4. The zero-order valence-corrected chi connectivity index (χ0v) is 26.0. The van der Waals surface area contributed by atoms with Gasteiger partial charge in [-0.05, 0) is 66.8 Å². The van der Waals surface area contributed by atoms with Crippen molar-refractivity contribution >= 4 is 23.1 Å². The van der Waals surface area contributed by atoms with E-state index >= 15 is 4.39 Å². The number of fused-ring (bicyclic) bond motifs is 1. The van der Waals surface area contributed by atoms with E-state index in [1.807, 2.05) is 47.4 Å². The molecule has 0 bridgehead atoms. The monoisotopic (exact) mass is 612 g/mol. The van der Waals surface area contributed by atoms with Crippen LogP contribution < -0.4 is 20.3 Å². The number of Topliss-reactive ketones (excluding diaryl/α,β-unsaturated/α-hetero) is 1. The Balaban J connectivity index is 1.35. The van der Waals surface area contributed by atoms with Gasteiger partial charge < -0.3 is 25.0 Å². The standard InChI is InChI=1S/C36H41FN4O4/c1-36(2)22-29-34(31(42)23-36)35(25-13-14-27(37)32(21-25)45-26-9-4-3-5-10-26)41(30-12-7-6-11-28(30)39-29)24-33(43)38-15-8-16-40-17-19-44-20-18-40/h3-7,9-14,21,35,39H,8,15-20,22-24H2,1-2H3,(H,38,43). The lowest BCUT2D eigenvalue weighted by molar-refractivity contribution is -0.120. The highest BCUT2D eigenvalue weighted by molar-refractivity contribution is 6.02. The number of hydrogen-bond donors (Lipinski definition) is 2. The molecule has 0 spiro atoms. The third-order valence-electron chi connectivity index (χ3n) is 8.64. The van der Waals surface area contributed by atoms with Crippen LogP contribution in [0.15, 0.2) is 84.1 Å². The van der Waals surface area contributed by atoms with Crippen molar-refractivity contribution in [3.05, 3.63) is 95.4 Å². The minimum absolute atomic E-state index is 0.0114. The van der Waals surface area contributed by atoms with E-state index in [2.05, 4.69) is 29.4 Å². The van der Waals surface area contributed by atoms with Crippen LogP contribution in [-0.2, 0) is 14.3 Å². The molecule has 1 atom stereocenters. The van der Waals surface area contributed by atoms with Gasteiger partial charge in [0.05, 0.1) is 37.2 Å². The summed E-state index contributed by atoms with van der Waals surface area (Å²) >= 11 is 0. The van der Waals surface area contributed by atoms with Gasteiger partial charge in [0, 0.05) is 37.3 Å². The lowest BCUT2D eigenvalue weighted by Crippen LogP contribution is -2.43. The van der Waals surface area contributed by atoms with Crippen molar-refractivity contribution in [2.75, 3.05) is 56.2 Å². The quantitative estimate of drug-likeness (QED) is 0.284. The summed E-state index contributed by atoms with van der Waals surface area (Å²) in [6.45, 7) is 8.93. The molecule has 1 saturated heterocycles. The molecule has 8 nitrogen and oxygen atoms in total. The topological polar surface area (TPSA) is 83.1 Å². The maximum atomic E-state index is 15.2. The molecular weight excluding hydrogens is 571 g/mol. The van der Waals surface area contributed by atoms with E-state index in [-0.39, 0.29) is 29.4 Å². The molecule has 2 heterocycles. The minimum atomic E-state index is -0.641. The van der Waals surface area contributed by atoms with Crippen molar-refractivity contribution < 1.29 is 23.5 Å². The Morgan fingerprint density at radius 1 is 1.04 bits per heavy atom. The highest BCUT2D eigenvalue weighted by atomic mass is 19.1. The fraction of sp³-hybridized carbons (Fsp3) is 0.389. The lowest BCUT2D eigenvalue weighted by Gasteiger charge is -2.38. The maximum absolute atomic E-state index is 15.2. The Morgan fingerprint density at radius 3 is 2.60 bits per heavy atom. The number of hydrogen-bond acceptors (Lipinski definition) is 7. The Morgan fingerprint density at radius 2 is 1.80 bits per heavy atom. The molecule has 1 fully saturated rings. The SMILES string of the molecule is CC1(C)CC(=O)C2=C(C1)Nc1ccccc1N(CC(=O)NCCCN1CCOCC1)C2c1ccc(F)c(Oc2ccccc2)c1. The van der Waals surface area contributed by atoms with Gasteiger partial charge in [0.15, 0.2) is 17.3 Å². The number of allylic oxidation sites excluding steroid dienone is 1. The van der Waals surface area contributed by atoms with Crippen LogP contribution in [0.4, 0.5) is 15.8 Å². The van der Waals surface area contributed by atoms with Crippen LogP contribution in [0.1, 0.15) is 44.7 Å². The molecule has 0 radical (unpaired) electrons. The average Bonchev–Trinajstić information content (AvgIpc) is 3.15. The smallest absolute Gasteiger partial charge is 0.239 e. The molecule has 1 amide bonds. The summed E-state index contributed by atoms with van der Waals surface area (Å²) in [5.41, 5.74) is 3.48. The summed E-state index contributed by atoms with van der Waals surface area (Å²) in [7, 11) is 0. The lowest BCUT2D eigenvalue weighted by atomic mass is 9.73. The molecule has 1 aliphatic carbocycles. The molecule has 45 heavy (non-hydrogen) atoms. The first kappa shape index (κ1) is 30.8. The number of halogens is 1. The molecule has 0 aromatic heterocycles. The minimum Gasteiger partial charge on any atom is -0.454 e. The van der Waals surface area contributed by atoms with Gasteiger partial charge in [0.2, 0.25) is 5.91 Å². The van der Waals surface area contributed by atoms with E-state index in [0.29, 0.717) is 36.3 Å². The Kier molecular flexibility index (Phi) is 9.19. The van der Waals surface area contributed by atoms with Gasteiger partial charge in [-0.25, -0.2) is 4.39 Å². The first-order chi connectivity index (χ1) is 21.8. The van der Waals surface area contributed by atoms with E-state index in [9.17, 15) is 9.59 Å². The molecule has 2 N–H and O–H groups in total. The van der Waals surface area contributed by atoms with Crippen LogP contribution in [0.2, 0.25) is 0 Å². The fourth-order valence-electron chi connectivity index (χ4n) is 6.52. The first-order valence-corrected chi connectivity index (χ1v) is 15.8. The van der Waals surface area contributed by atoms with Crippen molar-refractivity contribution in [3.63, 3.8) is 0 Å². The number of ketones is 1. The van der Waals surface area contributed by atoms with Crippen LogP contribution in [0.25, 0.3) is 0 Å². The molecular formula is C36H41FN4O4. The summed E-state index contributed by atoms with van der Waals surface area (Å²) in [5, 5.41) is 6.67. The van der Waals surface area contributed by atoms with Crippen molar-refractivity contribution in [1.29, 1.82) is 0 Å². The number of benzene rings is 3. The molecule has 3 aromatic carbocycles. The molecule has 3 aliphatic rings. The van der Waals surface area contributed by atoms with E-state index in [1.54, 1.807) is 24.3 Å². The highest BCUT2D eigenvalue weighted by Gasteiger charge is 2.42. The zero-order valence-electron chi connectivity index (χ0n) is 26.0. The van der Waals surface area contributed by atoms with Gasteiger partial charge in [0.25, 0.3) is 0 Å². The molecule has 3 aromatic rings. The summed E-state index contributed by atoms with van der Waals surface area (Å²) in [6, 6.07) is 20.9. The third-order valence-corrected chi connectivity index (χ3v) is 8.64. The van der Waals surface area contributed by atoms with E-state index in [1.165, 1.54) is 6.07 Å². The highest BCUT2D eigenvalue weighted by Crippen LogP contribution is 2.48. The van der Waals surface area contributed by atoms with Gasteiger partial charge >= 0.3 is 0 Å². The van der Waals surface area contributed by atoms with Crippen LogP contribution >= 0.6 is 0 Å². The van der Waals surface area contributed by atoms with Crippen molar-refractivity contribution in [2.24, 2.45) is 5.41 Å². The number of nitrogens with one attached hydrogen (secondary N) is 2. The molecule has 1 unspecified atom stereocenters. The van der Waals surface area contributed by atoms with Crippen LogP contribution in [0.5, 0.6) is 11.5 Å². The second-order valence-electron chi connectivity index (χ2n) is 12.8. The largest absolute Gasteiger partial charge is 0.454 e. The number of para-hydroxylation sites is 3. The Bertz CT molecular complexity index is 1570. The van der Waals surface area contributed by atoms with Gasteiger partial charge in [-0.1, -0.05) is 50.2 Å². The number of nitrogens with zero attached hydrogens (tertiary/aromatic N) is 2. The number of carbonyl (C=O) groups excluding carboxylic acids is 2. The van der Waals surface area contributed by atoms with Gasteiger partial charge in [-0.2, -0.15) is 0 Å². The fourth-order valence-corrected chi connectivity index (χ4v) is 6.52. The predicted molar refractivity (Wildman–Crippen MR) is 173 cm³/mol. The average molecular weight is 613 g/mol. The number of carbonyl (C=O) groups is 2. The Hall–Kier alpha value is -4.21. The number of ether oxygens (including phenoxy) is 2. The van der Waals surface area contributed by atoms with Crippen LogP contribution in [0, 0.1) is 11.2 Å². The van der Waals surface area contributed by atoms with Crippen LogP contribution in [0.3, 0.4) is 0 Å². The molecule has 2 aliphatic heterocycles. The Labute approximate surface area is 264 Å². The number of amides is 1. The second-order valence-corrected chi connectivity index (χ2v) is 12.8. The number of anilines is 2. The summed E-state index contributed by atoms with van der Waals surface area (Å²) in [4.78, 5) is 31.9. The van der Waals surface area contributed by atoms with E-state index in [4.69, 9.17) is 9.47 Å². The molecule has 0 saturated carbocycles.